The van der Waals surface area contributed by atoms with Gasteiger partial charge in [-0.05, 0) is 40.1 Å². The summed E-state index contributed by atoms with van der Waals surface area (Å²) in [7, 11) is 0. The minimum atomic E-state index is -4.47. The van der Waals surface area contributed by atoms with Gasteiger partial charge in [0.15, 0.2) is 5.69 Å². The number of hydrogen-bond donors (Lipinski definition) is 1. The Labute approximate surface area is 171 Å². The average molecular weight is 409 g/mol. The Balaban J connectivity index is 1.38. The average Bonchev–Trinajstić information content (AvgIpc) is 3.24. The summed E-state index contributed by atoms with van der Waals surface area (Å²) in [4.78, 5) is 12.4. The first-order valence-corrected chi connectivity index (χ1v) is 9.36. The minimum Gasteiger partial charge on any atom is -0.352 e. The van der Waals surface area contributed by atoms with Crippen molar-refractivity contribution in [3.63, 3.8) is 0 Å². The van der Waals surface area contributed by atoms with Gasteiger partial charge in [0.05, 0.1) is 12.1 Å². The van der Waals surface area contributed by atoms with Gasteiger partial charge in [0, 0.05) is 12.7 Å². The molecule has 0 fully saturated rings. The largest absolute Gasteiger partial charge is 0.435 e. The summed E-state index contributed by atoms with van der Waals surface area (Å²) < 4.78 is 39.2. The Morgan fingerprint density at radius 1 is 0.933 bits per heavy atom. The van der Waals surface area contributed by atoms with Crippen LogP contribution in [0.15, 0.2) is 79.0 Å². The van der Waals surface area contributed by atoms with Crippen LogP contribution in [0.4, 0.5) is 13.2 Å². The molecule has 0 saturated heterocycles. The number of halogens is 3. The molecule has 0 saturated carbocycles. The van der Waals surface area contributed by atoms with E-state index in [4.69, 9.17) is 0 Å². The quantitative estimate of drug-likeness (QED) is 0.510. The number of amides is 1. The highest BCUT2D eigenvalue weighted by molar-refractivity contribution is 5.90. The van der Waals surface area contributed by atoms with Crippen LogP contribution in [0, 0.1) is 0 Å². The highest BCUT2D eigenvalue weighted by Gasteiger charge is 2.33. The molecule has 1 aromatic heterocycles. The predicted molar refractivity (Wildman–Crippen MR) is 108 cm³/mol. The van der Waals surface area contributed by atoms with Gasteiger partial charge in [-0.15, -0.1) is 0 Å². The van der Waals surface area contributed by atoms with E-state index < -0.39 is 11.9 Å². The lowest BCUT2D eigenvalue weighted by Crippen LogP contribution is -2.24. The second-order valence-electron chi connectivity index (χ2n) is 6.90. The third-order valence-corrected chi connectivity index (χ3v) is 4.80. The van der Waals surface area contributed by atoms with Crippen molar-refractivity contribution in [1.29, 1.82) is 0 Å². The predicted octanol–water partition coefficient (Wildman–Crippen LogP) is 4.90. The van der Waals surface area contributed by atoms with Crippen LogP contribution in [-0.2, 0) is 23.9 Å². The van der Waals surface area contributed by atoms with Gasteiger partial charge in [-0.1, -0.05) is 54.6 Å². The summed E-state index contributed by atoms with van der Waals surface area (Å²) in [5, 5.41) is 8.58. The molecule has 7 heteroatoms. The van der Waals surface area contributed by atoms with Crippen LogP contribution in [0.25, 0.3) is 16.5 Å². The molecule has 1 N–H and O–H groups in total. The van der Waals surface area contributed by atoms with Crippen molar-refractivity contribution in [3.8, 4) is 5.69 Å². The maximum atomic E-state index is 12.7. The molecule has 152 valence electrons. The number of rotatable bonds is 5. The molecule has 1 heterocycles. The Bertz CT molecular complexity index is 1180. The summed E-state index contributed by atoms with van der Waals surface area (Å²) in [5.41, 5.74) is 1.37. The van der Waals surface area contributed by atoms with Gasteiger partial charge in [-0.2, -0.15) is 18.3 Å². The van der Waals surface area contributed by atoms with E-state index in [0.29, 0.717) is 12.2 Å². The Morgan fingerprint density at radius 3 is 2.40 bits per heavy atom. The number of aromatic nitrogens is 2. The second kappa shape index (κ2) is 8.02. The molecule has 0 aliphatic heterocycles. The van der Waals surface area contributed by atoms with E-state index in [1.54, 1.807) is 24.3 Å². The molecule has 0 aliphatic rings. The van der Waals surface area contributed by atoms with Gasteiger partial charge < -0.3 is 5.32 Å². The van der Waals surface area contributed by atoms with Crippen LogP contribution in [0.5, 0.6) is 0 Å². The molecule has 4 rings (SSSR count). The molecule has 0 aliphatic carbocycles. The first-order chi connectivity index (χ1) is 14.4. The number of nitrogens with one attached hydrogen (secondary N) is 1. The Kier molecular flexibility index (Phi) is 5.27. The van der Waals surface area contributed by atoms with E-state index in [-0.39, 0.29) is 12.3 Å². The van der Waals surface area contributed by atoms with Crippen LogP contribution in [-0.4, -0.2) is 15.7 Å². The molecule has 0 unspecified atom stereocenters. The van der Waals surface area contributed by atoms with Crippen LogP contribution in [0.3, 0.4) is 0 Å². The molecule has 4 aromatic rings. The zero-order valence-electron chi connectivity index (χ0n) is 15.9. The van der Waals surface area contributed by atoms with Crippen molar-refractivity contribution in [2.24, 2.45) is 0 Å². The first kappa shape index (κ1) is 19.7. The molecule has 0 spiro atoms. The molecule has 0 atom stereocenters. The van der Waals surface area contributed by atoms with Gasteiger partial charge >= 0.3 is 6.18 Å². The summed E-state index contributed by atoms with van der Waals surface area (Å²) >= 11 is 0. The molecule has 0 radical (unpaired) electrons. The van der Waals surface area contributed by atoms with E-state index in [1.807, 2.05) is 42.5 Å². The summed E-state index contributed by atoms with van der Waals surface area (Å²) in [6, 6.07) is 21.6. The van der Waals surface area contributed by atoms with Crippen molar-refractivity contribution >= 4 is 16.7 Å². The number of carbonyl (C=O) groups excluding carboxylic acids is 1. The van der Waals surface area contributed by atoms with Gasteiger partial charge in [0.2, 0.25) is 5.91 Å². The monoisotopic (exact) mass is 409 g/mol. The number of benzene rings is 3. The van der Waals surface area contributed by atoms with Gasteiger partial charge in [-0.25, -0.2) is 4.68 Å². The number of alkyl halides is 3. The highest BCUT2D eigenvalue weighted by atomic mass is 19.4. The molecule has 0 bridgehead atoms. The smallest absolute Gasteiger partial charge is 0.352 e. The summed E-state index contributed by atoms with van der Waals surface area (Å²) in [5.74, 6) is -0.0997. The van der Waals surface area contributed by atoms with Crippen LogP contribution in [0.1, 0.15) is 16.8 Å². The zero-order chi connectivity index (χ0) is 21.1. The van der Waals surface area contributed by atoms with E-state index >= 15 is 0 Å². The summed E-state index contributed by atoms with van der Waals surface area (Å²) in [6.45, 7) is 0.330. The number of carbonyl (C=O) groups is 1. The van der Waals surface area contributed by atoms with Crippen molar-refractivity contribution in [2.45, 2.75) is 19.1 Å². The number of hydrogen-bond acceptors (Lipinski definition) is 2. The maximum Gasteiger partial charge on any atom is 0.435 e. The van der Waals surface area contributed by atoms with Crippen molar-refractivity contribution in [2.75, 3.05) is 0 Å². The third kappa shape index (κ3) is 4.35. The maximum absolute atomic E-state index is 12.7. The van der Waals surface area contributed by atoms with Crippen molar-refractivity contribution < 1.29 is 18.0 Å². The van der Waals surface area contributed by atoms with E-state index in [0.717, 1.165) is 28.0 Å². The standard InChI is InChI=1S/C23H18F3N3O/c24-23(25,26)21-12-13-29(28-21)19-10-8-16(9-11-19)15-27-22(30)14-18-6-3-5-17-4-1-2-7-20(17)18/h1-13H,14-15H2,(H,27,30). The minimum absolute atomic E-state index is 0.0997. The van der Waals surface area contributed by atoms with Crippen LogP contribution >= 0.6 is 0 Å². The topological polar surface area (TPSA) is 46.9 Å². The van der Waals surface area contributed by atoms with Crippen LogP contribution in [0.2, 0.25) is 0 Å². The lowest BCUT2D eigenvalue weighted by Gasteiger charge is -2.09. The molecular weight excluding hydrogens is 391 g/mol. The highest BCUT2D eigenvalue weighted by Crippen LogP contribution is 2.28. The normalized spacial score (nSPS) is 11.6. The SMILES string of the molecule is O=C(Cc1cccc2ccccc12)NCc1ccc(-n2ccc(C(F)(F)F)n2)cc1. The number of fused-ring (bicyclic) bond motifs is 1. The second-order valence-corrected chi connectivity index (χ2v) is 6.90. The fraction of sp³-hybridized carbons (Fsp3) is 0.130. The summed E-state index contributed by atoms with van der Waals surface area (Å²) in [6.07, 6.45) is -2.93. The van der Waals surface area contributed by atoms with E-state index in [1.165, 1.54) is 10.9 Å². The molecular formula is C23H18F3N3O. The van der Waals surface area contributed by atoms with E-state index in [2.05, 4.69) is 10.4 Å². The third-order valence-electron chi connectivity index (χ3n) is 4.80. The Morgan fingerprint density at radius 2 is 1.67 bits per heavy atom. The zero-order valence-corrected chi connectivity index (χ0v) is 15.9. The van der Waals surface area contributed by atoms with Crippen LogP contribution < -0.4 is 5.32 Å². The van der Waals surface area contributed by atoms with Gasteiger partial charge in [0.1, 0.15) is 0 Å². The van der Waals surface area contributed by atoms with E-state index in [9.17, 15) is 18.0 Å². The lowest BCUT2D eigenvalue weighted by atomic mass is 10.0. The van der Waals surface area contributed by atoms with Gasteiger partial charge in [-0.3, -0.25) is 4.79 Å². The van der Waals surface area contributed by atoms with Gasteiger partial charge in [0.25, 0.3) is 0 Å². The van der Waals surface area contributed by atoms with Crippen molar-refractivity contribution in [3.05, 3.63) is 95.8 Å². The lowest BCUT2D eigenvalue weighted by molar-refractivity contribution is -0.141. The fourth-order valence-corrected chi connectivity index (χ4v) is 3.27. The Hall–Kier alpha value is -3.61. The molecule has 4 nitrogen and oxygen atoms in total. The fourth-order valence-electron chi connectivity index (χ4n) is 3.27. The number of nitrogens with zero attached hydrogens (tertiary/aromatic N) is 2. The first-order valence-electron chi connectivity index (χ1n) is 9.36. The molecule has 30 heavy (non-hydrogen) atoms. The van der Waals surface area contributed by atoms with Crippen molar-refractivity contribution in [1.82, 2.24) is 15.1 Å². The molecule has 3 aromatic carbocycles. The molecule has 1 amide bonds.